The topological polar surface area (TPSA) is 92.4 Å². The van der Waals surface area contributed by atoms with Gasteiger partial charge in [0.1, 0.15) is 10.7 Å². The second kappa shape index (κ2) is 9.87. The van der Waals surface area contributed by atoms with Gasteiger partial charge in [-0.05, 0) is 37.0 Å². The van der Waals surface area contributed by atoms with Gasteiger partial charge in [-0.2, -0.15) is 0 Å². The number of carboxylic acid groups (broad SMARTS) is 2. The zero-order valence-electron chi connectivity index (χ0n) is 16.8. The van der Waals surface area contributed by atoms with E-state index in [1.807, 2.05) is 10.6 Å². The normalized spacial score (nSPS) is 15.1. The molecule has 29 heavy (non-hydrogen) atoms. The SMILES string of the molecule is CCCCc1ncc(/C=C(\CC2CCCC2)C(=O)O)n1Cc1ccc(C(=O)O)s1. The summed E-state index contributed by atoms with van der Waals surface area (Å²) in [6.07, 6.45) is 11.5. The number of hydrogen-bond donors (Lipinski definition) is 2. The van der Waals surface area contributed by atoms with Crippen LogP contribution in [0.5, 0.6) is 0 Å². The first-order chi connectivity index (χ1) is 14.0. The number of carboxylic acids is 2. The van der Waals surface area contributed by atoms with Gasteiger partial charge in [-0.15, -0.1) is 11.3 Å². The number of carbonyl (C=O) groups is 2. The van der Waals surface area contributed by atoms with Gasteiger partial charge >= 0.3 is 11.9 Å². The predicted molar refractivity (Wildman–Crippen MR) is 113 cm³/mol. The van der Waals surface area contributed by atoms with Crippen molar-refractivity contribution >= 4 is 29.4 Å². The summed E-state index contributed by atoms with van der Waals surface area (Å²) in [5.41, 5.74) is 1.20. The number of unbranched alkanes of at least 4 members (excludes halogenated alkanes) is 1. The molecule has 0 unspecified atom stereocenters. The third-order valence-electron chi connectivity index (χ3n) is 5.49. The Kier molecular flexibility index (Phi) is 7.25. The smallest absolute Gasteiger partial charge is 0.345 e. The molecule has 3 rings (SSSR count). The Morgan fingerprint density at radius 2 is 2.03 bits per heavy atom. The molecule has 2 heterocycles. The molecule has 2 N–H and O–H groups in total. The minimum Gasteiger partial charge on any atom is -0.478 e. The Morgan fingerprint density at radius 3 is 2.66 bits per heavy atom. The van der Waals surface area contributed by atoms with Crippen molar-refractivity contribution in [3.05, 3.63) is 45.2 Å². The molecule has 0 aliphatic heterocycles. The van der Waals surface area contributed by atoms with Gasteiger partial charge in [-0.25, -0.2) is 14.6 Å². The van der Waals surface area contributed by atoms with Crippen LogP contribution in [0.3, 0.4) is 0 Å². The number of hydrogen-bond acceptors (Lipinski definition) is 4. The third-order valence-corrected chi connectivity index (χ3v) is 6.55. The quantitative estimate of drug-likeness (QED) is 0.527. The third kappa shape index (κ3) is 5.56. The molecule has 0 radical (unpaired) electrons. The molecule has 0 spiro atoms. The van der Waals surface area contributed by atoms with Crippen LogP contribution >= 0.6 is 11.3 Å². The highest BCUT2D eigenvalue weighted by Crippen LogP contribution is 2.31. The van der Waals surface area contributed by atoms with E-state index in [1.54, 1.807) is 18.3 Å². The molecule has 1 aliphatic rings. The summed E-state index contributed by atoms with van der Waals surface area (Å²) >= 11 is 1.25. The van der Waals surface area contributed by atoms with Crippen molar-refractivity contribution in [1.29, 1.82) is 0 Å². The minimum atomic E-state index is -0.928. The van der Waals surface area contributed by atoms with Crippen LogP contribution in [0, 0.1) is 5.92 Å². The highest BCUT2D eigenvalue weighted by atomic mass is 32.1. The first-order valence-electron chi connectivity index (χ1n) is 10.3. The number of aliphatic carboxylic acids is 1. The van der Waals surface area contributed by atoms with Crippen LogP contribution in [0.25, 0.3) is 6.08 Å². The number of imidazole rings is 1. The summed E-state index contributed by atoms with van der Waals surface area (Å²) in [6.45, 7) is 2.62. The Hall–Kier alpha value is -2.41. The monoisotopic (exact) mass is 416 g/mol. The molecule has 6 nitrogen and oxygen atoms in total. The largest absolute Gasteiger partial charge is 0.478 e. The number of thiophene rings is 1. The van der Waals surface area contributed by atoms with Gasteiger partial charge in [0.05, 0.1) is 18.4 Å². The lowest BCUT2D eigenvalue weighted by Gasteiger charge is -2.12. The molecule has 2 aromatic heterocycles. The van der Waals surface area contributed by atoms with Crippen molar-refractivity contribution in [1.82, 2.24) is 9.55 Å². The summed E-state index contributed by atoms with van der Waals surface area (Å²) in [5.74, 6) is -0.440. The van der Waals surface area contributed by atoms with Gasteiger partial charge in [0, 0.05) is 16.9 Å². The number of rotatable bonds is 10. The molecule has 1 fully saturated rings. The van der Waals surface area contributed by atoms with E-state index in [0.717, 1.165) is 48.5 Å². The summed E-state index contributed by atoms with van der Waals surface area (Å²) in [5, 5.41) is 18.9. The molecule has 0 aromatic carbocycles. The van der Waals surface area contributed by atoms with Gasteiger partial charge in [-0.1, -0.05) is 39.0 Å². The molecule has 0 amide bonds. The van der Waals surface area contributed by atoms with E-state index in [9.17, 15) is 19.8 Å². The first kappa shape index (κ1) is 21.3. The van der Waals surface area contributed by atoms with Crippen LogP contribution in [-0.4, -0.2) is 31.7 Å². The van der Waals surface area contributed by atoms with Crippen LogP contribution in [0.1, 0.15) is 77.9 Å². The Balaban J connectivity index is 1.90. The summed E-state index contributed by atoms with van der Waals surface area (Å²) in [4.78, 5) is 28.8. The van der Waals surface area contributed by atoms with Crippen molar-refractivity contribution in [2.75, 3.05) is 0 Å². The summed E-state index contributed by atoms with van der Waals surface area (Å²) < 4.78 is 2.03. The second-order valence-corrected chi connectivity index (χ2v) is 8.86. The minimum absolute atomic E-state index is 0.305. The van der Waals surface area contributed by atoms with Gasteiger partial charge in [0.2, 0.25) is 0 Å². The summed E-state index contributed by atoms with van der Waals surface area (Å²) in [6, 6.07) is 3.44. The Bertz CT molecular complexity index is 891. The number of aryl methyl sites for hydroxylation is 1. The van der Waals surface area contributed by atoms with E-state index in [0.29, 0.717) is 29.3 Å². The van der Waals surface area contributed by atoms with Gasteiger partial charge in [-0.3, -0.25) is 0 Å². The second-order valence-electron chi connectivity index (χ2n) is 7.69. The van der Waals surface area contributed by atoms with Crippen molar-refractivity contribution < 1.29 is 19.8 Å². The van der Waals surface area contributed by atoms with E-state index >= 15 is 0 Å². The zero-order chi connectivity index (χ0) is 20.8. The number of nitrogens with zero attached hydrogens (tertiary/aromatic N) is 2. The van der Waals surface area contributed by atoms with E-state index in [1.165, 1.54) is 24.2 Å². The van der Waals surface area contributed by atoms with Crippen LogP contribution in [0.4, 0.5) is 0 Å². The zero-order valence-corrected chi connectivity index (χ0v) is 17.6. The van der Waals surface area contributed by atoms with Crippen LogP contribution in [0.15, 0.2) is 23.9 Å². The van der Waals surface area contributed by atoms with Gasteiger partial charge < -0.3 is 14.8 Å². The standard InChI is InChI=1S/C22H28N2O4S/c1-2-3-8-20-23-13-17(12-16(21(25)26)11-15-6-4-5-7-15)24(20)14-18-9-10-19(29-18)22(27)28/h9-10,12-13,15H,2-8,11,14H2,1H3,(H,25,26)(H,27,28)/b16-12+. The van der Waals surface area contributed by atoms with Crippen molar-refractivity contribution in [2.24, 2.45) is 5.92 Å². The number of aromatic nitrogens is 2. The van der Waals surface area contributed by atoms with Crippen LogP contribution < -0.4 is 0 Å². The predicted octanol–water partition coefficient (Wildman–Crippen LogP) is 5.08. The first-order valence-corrected chi connectivity index (χ1v) is 11.1. The Labute approximate surface area is 174 Å². The molecule has 1 saturated carbocycles. The molecular weight excluding hydrogens is 388 g/mol. The van der Waals surface area contributed by atoms with Crippen molar-refractivity contribution in [3.63, 3.8) is 0 Å². The van der Waals surface area contributed by atoms with E-state index < -0.39 is 11.9 Å². The lowest BCUT2D eigenvalue weighted by atomic mass is 9.97. The Morgan fingerprint density at radius 1 is 1.28 bits per heavy atom. The maximum atomic E-state index is 11.9. The number of aromatic carboxylic acids is 1. The maximum Gasteiger partial charge on any atom is 0.345 e. The fourth-order valence-electron chi connectivity index (χ4n) is 3.91. The summed E-state index contributed by atoms with van der Waals surface area (Å²) in [7, 11) is 0. The van der Waals surface area contributed by atoms with Gasteiger partial charge in [0.25, 0.3) is 0 Å². The van der Waals surface area contributed by atoms with E-state index in [-0.39, 0.29) is 0 Å². The van der Waals surface area contributed by atoms with Crippen LogP contribution in [-0.2, 0) is 17.8 Å². The fourth-order valence-corrected chi connectivity index (χ4v) is 4.74. The molecule has 0 atom stereocenters. The van der Waals surface area contributed by atoms with Crippen molar-refractivity contribution in [2.45, 2.75) is 64.8 Å². The van der Waals surface area contributed by atoms with E-state index in [4.69, 9.17) is 0 Å². The van der Waals surface area contributed by atoms with Crippen molar-refractivity contribution in [3.8, 4) is 0 Å². The lowest BCUT2D eigenvalue weighted by molar-refractivity contribution is -0.132. The lowest BCUT2D eigenvalue weighted by Crippen LogP contribution is -2.09. The molecule has 0 saturated heterocycles. The molecule has 2 aromatic rings. The van der Waals surface area contributed by atoms with Gasteiger partial charge in [0.15, 0.2) is 0 Å². The highest BCUT2D eigenvalue weighted by Gasteiger charge is 2.21. The molecule has 0 bridgehead atoms. The fraction of sp³-hybridized carbons (Fsp3) is 0.500. The maximum absolute atomic E-state index is 11.9. The van der Waals surface area contributed by atoms with Crippen LogP contribution in [0.2, 0.25) is 0 Å². The molecule has 7 heteroatoms. The average Bonchev–Trinajstić information content (AvgIpc) is 3.42. The molecule has 156 valence electrons. The average molecular weight is 417 g/mol. The molecule has 1 aliphatic carbocycles. The van der Waals surface area contributed by atoms with E-state index in [2.05, 4.69) is 11.9 Å². The highest BCUT2D eigenvalue weighted by molar-refractivity contribution is 7.13. The molecular formula is C22H28N2O4S.